The summed E-state index contributed by atoms with van der Waals surface area (Å²) < 4.78 is 6.73. The van der Waals surface area contributed by atoms with E-state index in [2.05, 4.69) is 159 Å². The Kier molecular flexibility index (Phi) is 5.92. The molecular weight excluding hydrogens is 621 g/mol. The highest BCUT2D eigenvalue weighted by Crippen LogP contribution is 2.58. The minimum Gasteiger partial charge on any atom is -0.456 e. The van der Waals surface area contributed by atoms with E-state index in [4.69, 9.17) is 14.4 Å². The number of hydrogen-bond donors (Lipinski definition) is 0. The van der Waals surface area contributed by atoms with E-state index in [0.717, 1.165) is 62.5 Å². The molecule has 1 unspecified atom stereocenters. The van der Waals surface area contributed by atoms with Crippen LogP contribution in [0.5, 0.6) is 0 Å². The molecule has 7 aromatic carbocycles. The van der Waals surface area contributed by atoms with Gasteiger partial charge in [-0.1, -0.05) is 133 Å². The van der Waals surface area contributed by atoms with Crippen LogP contribution in [0.2, 0.25) is 0 Å². The van der Waals surface area contributed by atoms with Gasteiger partial charge in [-0.2, -0.15) is 0 Å². The second-order valence-electron chi connectivity index (χ2n) is 14.1. The third kappa shape index (κ3) is 3.95. The highest BCUT2D eigenvalue weighted by atomic mass is 16.3. The molecule has 0 radical (unpaired) electrons. The molecule has 0 saturated carbocycles. The van der Waals surface area contributed by atoms with Gasteiger partial charge in [0.05, 0.1) is 11.2 Å². The van der Waals surface area contributed by atoms with Crippen molar-refractivity contribution in [3.63, 3.8) is 0 Å². The maximum Gasteiger partial charge on any atom is 0.161 e. The highest BCUT2D eigenvalue weighted by molar-refractivity contribution is 6.14. The lowest BCUT2D eigenvalue weighted by Gasteiger charge is -2.29. The van der Waals surface area contributed by atoms with Crippen LogP contribution in [0, 0.1) is 0 Å². The molecule has 9 aromatic rings. The zero-order valence-electron chi connectivity index (χ0n) is 28.2. The van der Waals surface area contributed by atoms with Crippen molar-refractivity contribution >= 4 is 32.8 Å². The molecule has 3 nitrogen and oxygen atoms in total. The Hall–Kier alpha value is -6.32. The van der Waals surface area contributed by atoms with Crippen LogP contribution in [-0.4, -0.2) is 9.97 Å². The second kappa shape index (κ2) is 10.6. The molecule has 2 aromatic heterocycles. The van der Waals surface area contributed by atoms with Crippen molar-refractivity contribution < 1.29 is 4.42 Å². The summed E-state index contributed by atoms with van der Waals surface area (Å²) in [6.45, 7) is 2.37. The van der Waals surface area contributed by atoms with Crippen LogP contribution < -0.4 is 0 Å². The van der Waals surface area contributed by atoms with Crippen LogP contribution in [0.3, 0.4) is 0 Å². The van der Waals surface area contributed by atoms with E-state index in [-0.39, 0.29) is 0 Å². The Balaban J connectivity index is 1.27. The zero-order valence-corrected chi connectivity index (χ0v) is 28.2. The van der Waals surface area contributed by atoms with Crippen LogP contribution >= 0.6 is 0 Å². The second-order valence-corrected chi connectivity index (χ2v) is 14.1. The standard InChI is InChI=1S/C48H32N2O/c1-48(31-16-3-2-4-17-31)38-23-10-7-19-33(38)43-37(28-41-44(45(43)48)35-21-9-12-25-40(35)51-41)47-49-39-24-11-8-20-34(39)46(50-47)36-22-13-15-30-27-26-29-14-5-6-18-32(29)42(30)36/h2-25,28H,26-27H2,1H3. The maximum atomic E-state index is 6.73. The van der Waals surface area contributed by atoms with E-state index in [1.165, 1.54) is 50.1 Å². The van der Waals surface area contributed by atoms with Gasteiger partial charge in [-0.05, 0) is 88.0 Å². The number of para-hydroxylation sites is 2. The van der Waals surface area contributed by atoms with Crippen LogP contribution in [-0.2, 0) is 18.3 Å². The molecule has 2 aliphatic rings. The number of rotatable bonds is 3. The summed E-state index contributed by atoms with van der Waals surface area (Å²) in [4.78, 5) is 11.0. The predicted molar refractivity (Wildman–Crippen MR) is 208 cm³/mol. The number of fused-ring (bicyclic) bond motifs is 11. The van der Waals surface area contributed by atoms with Gasteiger partial charge in [0.15, 0.2) is 5.82 Å². The van der Waals surface area contributed by atoms with Crippen LogP contribution in [0.15, 0.2) is 156 Å². The van der Waals surface area contributed by atoms with E-state index >= 15 is 0 Å². The van der Waals surface area contributed by atoms with Crippen LogP contribution in [0.1, 0.15) is 34.7 Å². The molecule has 1 atom stereocenters. The van der Waals surface area contributed by atoms with Crippen molar-refractivity contribution in [2.75, 3.05) is 0 Å². The van der Waals surface area contributed by atoms with Crippen molar-refractivity contribution in [3.05, 3.63) is 179 Å². The fourth-order valence-corrected chi connectivity index (χ4v) is 9.16. The Bertz CT molecular complexity index is 2880. The number of nitrogens with zero attached hydrogens (tertiary/aromatic N) is 2. The fraction of sp³-hybridized carbons (Fsp3) is 0.0833. The molecule has 0 saturated heterocycles. The molecule has 0 fully saturated rings. The van der Waals surface area contributed by atoms with E-state index in [1.807, 2.05) is 0 Å². The quantitative estimate of drug-likeness (QED) is 0.191. The lowest BCUT2D eigenvalue weighted by atomic mass is 9.73. The summed E-state index contributed by atoms with van der Waals surface area (Å²) in [5, 5.41) is 3.33. The fourth-order valence-electron chi connectivity index (χ4n) is 9.16. The minimum absolute atomic E-state index is 0.435. The summed E-state index contributed by atoms with van der Waals surface area (Å²) >= 11 is 0. The van der Waals surface area contributed by atoms with Crippen molar-refractivity contribution in [3.8, 4) is 44.9 Å². The van der Waals surface area contributed by atoms with Gasteiger partial charge in [0.2, 0.25) is 0 Å². The highest BCUT2D eigenvalue weighted by Gasteiger charge is 2.44. The lowest BCUT2D eigenvalue weighted by molar-refractivity contribution is 0.667. The molecule has 51 heavy (non-hydrogen) atoms. The molecule has 2 aliphatic carbocycles. The van der Waals surface area contributed by atoms with Gasteiger partial charge in [-0.3, -0.25) is 0 Å². The molecule has 0 spiro atoms. The van der Waals surface area contributed by atoms with E-state index in [9.17, 15) is 0 Å². The summed E-state index contributed by atoms with van der Waals surface area (Å²) in [5.41, 5.74) is 16.8. The van der Waals surface area contributed by atoms with Gasteiger partial charge in [-0.15, -0.1) is 0 Å². The van der Waals surface area contributed by atoms with Crippen molar-refractivity contribution in [2.24, 2.45) is 0 Å². The number of benzene rings is 7. The van der Waals surface area contributed by atoms with Crippen LogP contribution in [0.25, 0.3) is 77.7 Å². The summed E-state index contributed by atoms with van der Waals surface area (Å²) in [7, 11) is 0. The van der Waals surface area contributed by atoms with Crippen LogP contribution in [0.4, 0.5) is 0 Å². The lowest BCUT2D eigenvalue weighted by Crippen LogP contribution is -2.22. The van der Waals surface area contributed by atoms with Gasteiger partial charge >= 0.3 is 0 Å². The molecule has 3 heteroatoms. The van der Waals surface area contributed by atoms with Gasteiger partial charge in [0.25, 0.3) is 0 Å². The van der Waals surface area contributed by atoms with Gasteiger partial charge < -0.3 is 4.42 Å². The third-order valence-electron chi connectivity index (χ3n) is 11.5. The first-order valence-electron chi connectivity index (χ1n) is 17.8. The average Bonchev–Trinajstić information content (AvgIpc) is 3.70. The largest absolute Gasteiger partial charge is 0.456 e. The van der Waals surface area contributed by atoms with Gasteiger partial charge in [-0.25, -0.2) is 9.97 Å². The minimum atomic E-state index is -0.435. The van der Waals surface area contributed by atoms with E-state index < -0.39 is 5.41 Å². The molecular formula is C48H32N2O. The SMILES string of the molecule is CC1(c2ccccc2)c2ccccc2-c2c(-c3nc(-c4cccc5c4-c4ccccc4CC5)c4ccccc4n3)cc3oc4ccccc4c3c21. The van der Waals surface area contributed by atoms with E-state index in [0.29, 0.717) is 5.82 Å². The molecule has 0 N–H and O–H groups in total. The summed E-state index contributed by atoms with van der Waals surface area (Å²) in [5.74, 6) is 0.705. The topological polar surface area (TPSA) is 38.9 Å². The molecule has 0 aliphatic heterocycles. The molecule has 0 bridgehead atoms. The Morgan fingerprint density at radius 2 is 1.22 bits per heavy atom. The number of furan rings is 1. The number of aromatic nitrogens is 2. The first-order chi connectivity index (χ1) is 25.2. The van der Waals surface area contributed by atoms with Crippen molar-refractivity contribution in [1.29, 1.82) is 0 Å². The number of hydrogen-bond acceptors (Lipinski definition) is 3. The Morgan fingerprint density at radius 3 is 2.12 bits per heavy atom. The maximum absolute atomic E-state index is 6.73. The first-order valence-corrected chi connectivity index (χ1v) is 17.8. The molecule has 11 rings (SSSR count). The summed E-state index contributed by atoms with van der Waals surface area (Å²) in [6.07, 6.45) is 2.06. The zero-order chi connectivity index (χ0) is 33.7. The van der Waals surface area contributed by atoms with Gasteiger partial charge in [0, 0.05) is 32.7 Å². The average molecular weight is 653 g/mol. The normalized spacial score (nSPS) is 15.9. The van der Waals surface area contributed by atoms with Crippen molar-refractivity contribution in [1.82, 2.24) is 9.97 Å². The molecule has 240 valence electrons. The molecule has 2 heterocycles. The van der Waals surface area contributed by atoms with E-state index in [1.54, 1.807) is 0 Å². The summed E-state index contributed by atoms with van der Waals surface area (Å²) in [6, 6.07) is 54.4. The monoisotopic (exact) mass is 652 g/mol. The number of aryl methyl sites for hydroxylation is 2. The first kappa shape index (κ1) is 28.5. The molecule has 0 amide bonds. The smallest absolute Gasteiger partial charge is 0.161 e. The third-order valence-corrected chi connectivity index (χ3v) is 11.5. The Labute approximate surface area is 295 Å². The predicted octanol–water partition coefficient (Wildman–Crippen LogP) is 12.0. The van der Waals surface area contributed by atoms with Crippen molar-refractivity contribution in [2.45, 2.75) is 25.2 Å². The Morgan fingerprint density at radius 1 is 0.529 bits per heavy atom. The van der Waals surface area contributed by atoms with Gasteiger partial charge in [0.1, 0.15) is 11.2 Å².